The summed E-state index contributed by atoms with van der Waals surface area (Å²) in [5.74, 6) is -0.884. The SMILES string of the molecule is Cc1cc(CNC(=O)C(C(N)=NO)c2ccccc2)on1. The normalized spacial score (nSPS) is 12.9. The summed E-state index contributed by atoms with van der Waals surface area (Å²) in [6, 6.07) is 10.6. The van der Waals surface area contributed by atoms with Gasteiger partial charge < -0.3 is 20.8 Å². The van der Waals surface area contributed by atoms with Crippen LogP contribution in [0.2, 0.25) is 0 Å². The molecule has 2 rings (SSSR count). The van der Waals surface area contributed by atoms with E-state index in [4.69, 9.17) is 15.5 Å². The predicted octanol–water partition coefficient (Wildman–Crippen LogP) is 1.13. The van der Waals surface area contributed by atoms with Crippen molar-refractivity contribution >= 4 is 11.7 Å². The van der Waals surface area contributed by atoms with Crippen LogP contribution in [0.3, 0.4) is 0 Å². The summed E-state index contributed by atoms with van der Waals surface area (Å²) in [5.41, 5.74) is 7.00. The summed E-state index contributed by atoms with van der Waals surface area (Å²) in [4.78, 5) is 12.3. The zero-order chi connectivity index (χ0) is 15.2. The van der Waals surface area contributed by atoms with Gasteiger partial charge in [-0.3, -0.25) is 4.79 Å². The van der Waals surface area contributed by atoms with E-state index in [0.717, 1.165) is 5.69 Å². The van der Waals surface area contributed by atoms with E-state index in [1.165, 1.54) is 0 Å². The van der Waals surface area contributed by atoms with Gasteiger partial charge in [-0.2, -0.15) is 0 Å². The fourth-order valence-electron chi connectivity index (χ4n) is 1.94. The lowest BCUT2D eigenvalue weighted by atomic mass is 9.97. The number of carbonyl (C=O) groups excluding carboxylic acids is 1. The van der Waals surface area contributed by atoms with Gasteiger partial charge in [0.1, 0.15) is 5.92 Å². The molecule has 0 aliphatic carbocycles. The largest absolute Gasteiger partial charge is 0.409 e. The Morgan fingerprint density at radius 1 is 1.48 bits per heavy atom. The number of amides is 1. The molecule has 4 N–H and O–H groups in total. The molecule has 0 fully saturated rings. The van der Waals surface area contributed by atoms with Crippen molar-refractivity contribution in [3.05, 3.63) is 53.4 Å². The first-order chi connectivity index (χ1) is 10.1. The van der Waals surface area contributed by atoms with E-state index in [-0.39, 0.29) is 18.3 Å². The molecule has 2 aromatic rings. The highest BCUT2D eigenvalue weighted by Gasteiger charge is 2.25. The third-order valence-electron chi connectivity index (χ3n) is 2.92. The standard InChI is InChI=1S/C14H16N4O3/c1-9-7-11(21-18-9)8-16-14(19)12(13(15)17-20)10-5-3-2-4-6-10/h2-7,12,20H,8H2,1H3,(H2,15,17)(H,16,19). The Morgan fingerprint density at radius 2 is 2.19 bits per heavy atom. The molecule has 21 heavy (non-hydrogen) atoms. The van der Waals surface area contributed by atoms with Gasteiger partial charge in [-0.1, -0.05) is 40.6 Å². The van der Waals surface area contributed by atoms with Crippen LogP contribution in [0.5, 0.6) is 0 Å². The molecule has 1 aromatic heterocycles. The van der Waals surface area contributed by atoms with Gasteiger partial charge in [-0.15, -0.1) is 0 Å². The van der Waals surface area contributed by atoms with Crippen molar-refractivity contribution in [2.24, 2.45) is 10.9 Å². The molecule has 0 bridgehead atoms. The van der Waals surface area contributed by atoms with E-state index in [0.29, 0.717) is 11.3 Å². The Morgan fingerprint density at radius 3 is 2.76 bits per heavy atom. The van der Waals surface area contributed by atoms with Crippen molar-refractivity contribution in [1.82, 2.24) is 10.5 Å². The number of carbonyl (C=O) groups is 1. The van der Waals surface area contributed by atoms with Crippen molar-refractivity contribution in [2.45, 2.75) is 19.4 Å². The highest BCUT2D eigenvalue weighted by atomic mass is 16.5. The lowest BCUT2D eigenvalue weighted by Crippen LogP contribution is -2.36. The van der Waals surface area contributed by atoms with Crippen LogP contribution in [-0.2, 0) is 11.3 Å². The molecule has 1 aromatic carbocycles. The minimum Gasteiger partial charge on any atom is -0.409 e. The van der Waals surface area contributed by atoms with Gasteiger partial charge in [0.25, 0.3) is 0 Å². The number of nitrogens with two attached hydrogens (primary N) is 1. The Kier molecular flexibility index (Phi) is 4.55. The van der Waals surface area contributed by atoms with Crippen LogP contribution in [0.25, 0.3) is 0 Å². The van der Waals surface area contributed by atoms with Crippen LogP contribution in [0.1, 0.15) is 22.9 Å². The molecule has 1 unspecified atom stereocenters. The van der Waals surface area contributed by atoms with Crippen molar-refractivity contribution in [3.63, 3.8) is 0 Å². The molecule has 0 aliphatic heterocycles. The number of aromatic nitrogens is 1. The molecule has 1 atom stereocenters. The van der Waals surface area contributed by atoms with Crippen LogP contribution >= 0.6 is 0 Å². The first kappa shape index (κ1) is 14.6. The van der Waals surface area contributed by atoms with Gasteiger partial charge in [0.05, 0.1) is 12.2 Å². The Balaban J connectivity index is 2.12. The van der Waals surface area contributed by atoms with E-state index < -0.39 is 5.92 Å². The van der Waals surface area contributed by atoms with E-state index in [1.54, 1.807) is 37.3 Å². The highest BCUT2D eigenvalue weighted by Crippen LogP contribution is 2.16. The van der Waals surface area contributed by atoms with Crippen molar-refractivity contribution in [1.29, 1.82) is 0 Å². The number of amidine groups is 1. The van der Waals surface area contributed by atoms with E-state index in [2.05, 4.69) is 15.6 Å². The van der Waals surface area contributed by atoms with Gasteiger partial charge in [0.15, 0.2) is 11.6 Å². The van der Waals surface area contributed by atoms with E-state index >= 15 is 0 Å². The number of hydrogen-bond donors (Lipinski definition) is 3. The molecule has 1 amide bonds. The summed E-state index contributed by atoms with van der Waals surface area (Å²) in [5, 5.41) is 18.2. The molecule has 1 heterocycles. The molecular weight excluding hydrogens is 272 g/mol. The Labute approximate surface area is 121 Å². The summed E-state index contributed by atoms with van der Waals surface area (Å²) >= 11 is 0. The number of benzene rings is 1. The van der Waals surface area contributed by atoms with Crippen LogP contribution in [0, 0.1) is 6.92 Å². The second kappa shape index (κ2) is 6.56. The lowest BCUT2D eigenvalue weighted by Gasteiger charge is -2.15. The van der Waals surface area contributed by atoms with Crippen molar-refractivity contribution < 1.29 is 14.5 Å². The van der Waals surface area contributed by atoms with Crippen LogP contribution in [-0.4, -0.2) is 22.1 Å². The Hall–Kier alpha value is -2.83. The maximum absolute atomic E-state index is 12.3. The molecular formula is C14H16N4O3. The molecule has 0 aliphatic rings. The van der Waals surface area contributed by atoms with Gasteiger partial charge in [-0.05, 0) is 12.5 Å². The summed E-state index contributed by atoms with van der Waals surface area (Å²) < 4.78 is 5.01. The highest BCUT2D eigenvalue weighted by molar-refractivity contribution is 6.07. The minimum atomic E-state index is -0.861. The third-order valence-corrected chi connectivity index (χ3v) is 2.92. The number of aryl methyl sites for hydroxylation is 1. The Bertz CT molecular complexity index is 637. The van der Waals surface area contributed by atoms with E-state index in [9.17, 15) is 4.79 Å². The molecule has 0 radical (unpaired) electrons. The number of hydrogen-bond acceptors (Lipinski definition) is 5. The minimum absolute atomic E-state index is 0.174. The van der Waals surface area contributed by atoms with Gasteiger partial charge in [0.2, 0.25) is 5.91 Å². The van der Waals surface area contributed by atoms with Gasteiger partial charge in [-0.25, -0.2) is 0 Å². The lowest BCUT2D eigenvalue weighted by molar-refractivity contribution is -0.121. The monoisotopic (exact) mass is 288 g/mol. The maximum Gasteiger partial charge on any atom is 0.235 e. The second-order valence-corrected chi connectivity index (χ2v) is 4.52. The number of rotatable bonds is 5. The third kappa shape index (κ3) is 3.59. The number of nitrogens with zero attached hydrogens (tertiary/aromatic N) is 2. The predicted molar refractivity (Wildman–Crippen MR) is 75.7 cm³/mol. The van der Waals surface area contributed by atoms with Gasteiger partial charge in [0, 0.05) is 6.07 Å². The maximum atomic E-state index is 12.3. The number of nitrogens with one attached hydrogen (secondary N) is 1. The fraction of sp³-hybridized carbons (Fsp3) is 0.214. The molecule has 7 nitrogen and oxygen atoms in total. The van der Waals surface area contributed by atoms with E-state index in [1.807, 2.05) is 6.07 Å². The summed E-state index contributed by atoms with van der Waals surface area (Å²) in [6.45, 7) is 1.97. The first-order valence-electron chi connectivity index (χ1n) is 6.34. The number of oxime groups is 1. The first-order valence-corrected chi connectivity index (χ1v) is 6.34. The average Bonchev–Trinajstić information content (AvgIpc) is 2.92. The van der Waals surface area contributed by atoms with Crippen LogP contribution in [0.15, 0.2) is 46.1 Å². The quantitative estimate of drug-likeness (QED) is 0.330. The second-order valence-electron chi connectivity index (χ2n) is 4.52. The molecule has 110 valence electrons. The molecule has 0 saturated heterocycles. The van der Waals surface area contributed by atoms with Crippen LogP contribution < -0.4 is 11.1 Å². The zero-order valence-electron chi connectivity index (χ0n) is 11.5. The molecule has 0 spiro atoms. The van der Waals surface area contributed by atoms with Crippen molar-refractivity contribution in [2.75, 3.05) is 0 Å². The van der Waals surface area contributed by atoms with Crippen molar-refractivity contribution in [3.8, 4) is 0 Å². The molecule has 0 saturated carbocycles. The van der Waals surface area contributed by atoms with Crippen LogP contribution in [0.4, 0.5) is 0 Å². The topological polar surface area (TPSA) is 114 Å². The smallest absolute Gasteiger partial charge is 0.235 e. The van der Waals surface area contributed by atoms with Gasteiger partial charge >= 0.3 is 0 Å². The summed E-state index contributed by atoms with van der Waals surface area (Å²) in [7, 11) is 0. The molecule has 7 heteroatoms. The average molecular weight is 288 g/mol. The zero-order valence-corrected chi connectivity index (χ0v) is 11.5. The summed E-state index contributed by atoms with van der Waals surface area (Å²) in [6.07, 6.45) is 0. The fourth-order valence-corrected chi connectivity index (χ4v) is 1.94.